The predicted molar refractivity (Wildman–Crippen MR) is 79.3 cm³/mol. The number of amides is 1. The summed E-state index contributed by atoms with van der Waals surface area (Å²) in [7, 11) is 0. The number of hydrogen-bond acceptors (Lipinski definition) is 6. The standard InChI is InChI=1S/C14H13F3N6O/c15-9-1-2-10(13(17)12(9)16)19-11-7-18-21-14(20-11)23-5-3-22(8-24)4-6-23/h1-2,7-8H,3-6H2,(H,19,20,21). The van der Waals surface area contributed by atoms with Gasteiger partial charge in [0.15, 0.2) is 23.3 Å². The Morgan fingerprint density at radius 3 is 2.54 bits per heavy atom. The molecule has 0 saturated carbocycles. The van der Waals surface area contributed by atoms with Crippen molar-refractivity contribution in [3.05, 3.63) is 35.8 Å². The predicted octanol–water partition coefficient (Wildman–Crippen LogP) is 1.31. The third kappa shape index (κ3) is 3.21. The van der Waals surface area contributed by atoms with E-state index in [4.69, 9.17) is 0 Å². The number of halogens is 3. The molecule has 1 aromatic heterocycles. The summed E-state index contributed by atoms with van der Waals surface area (Å²) in [5.74, 6) is -3.73. The number of anilines is 3. The zero-order valence-corrected chi connectivity index (χ0v) is 12.4. The molecule has 3 rings (SSSR count). The van der Waals surface area contributed by atoms with Crippen molar-refractivity contribution in [2.45, 2.75) is 0 Å². The Morgan fingerprint density at radius 1 is 1.08 bits per heavy atom. The molecule has 0 bridgehead atoms. The summed E-state index contributed by atoms with van der Waals surface area (Å²) in [5.41, 5.74) is -0.258. The minimum absolute atomic E-state index is 0.141. The van der Waals surface area contributed by atoms with E-state index >= 15 is 0 Å². The van der Waals surface area contributed by atoms with Gasteiger partial charge in [-0.25, -0.2) is 13.2 Å². The number of nitrogens with one attached hydrogen (secondary N) is 1. The Balaban J connectivity index is 1.77. The monoisotopic (exact) mass is 338 g/mol. The first-order chi connectivity index (χ1) is 11.6. The van der Waals surface area contributed by atoms with Crippen molar-refractivity contribution in [2.75, 3.05) is 36.4 Å². The molecular formula is C14H13F3N6O. The van der Waals surface area contributed by atoms with Gasteiger partial charge < -0.3 is 15.1 Å². The molecule has 0 unspecified atom stereocenters. The summed E-state index contributed by atoms with van der Waals surface area (Å²) in [6, 6.07) is 1.88. The fraction of sp³-hybridized carbons (Fsp3) is 0.286. The molecule has 1 fully saturated rings. The van der Waals surface area contributed by atoms with E-state index in [0.717, 1.165) is 18.5 Å². The molecule has 126 valence electrons. The molecule has 1 aromatic carbocycles. The average Bonchev–Trinajstić information content (AvgIpc) is 2.62. The van der Waals surface area contributed by atoms with Crippen LogP contribution in [0.1, 0.15) is 0 Å². The highest BCUT2D eigenvalue weighted by atomic mass is 19.2. The quantitative estimate of drug-likeness (QED) is 0.669. The van der Waals surface area contributed by atoms with E-state index in [1.807, 2.05) is 4.90 Å². The van der Waals surface area contributed by atoms with Crippen LogP contribution in [-0.4, -0.2) is 52.7 Å². The van der Waals surface area contributed by atoms with Crippen molar-refractivity contribution in [1.82, 2.24) is 20.1 Å². The Kier molecular flexibility index (Phi) is 4.45. The maximum absolute atomic E-state index is 13.7. The van der Waals surface area contributed by atoms with E-state index in [1.165, 1.54) is 6.20 Å². The number of benzene rings is 1. The van der Waals surface area contributed by atoms with Gasteiger partial charge >= 0.3 is 0 Å². The first-order valence-corrected chi connectivity index (χ1v) is 7.13. The van der Waals surface area contributed by atoms with Gasteiger partial charge in [-0.15, -0.1) is 5.10 Å². The molecular weight excluding hydrogens is 325 g/mol. The zero-order valence-electron chi connectivity index (χ0n) is 12.4. The second-order valence-electron chi connectivity index (χ2n) is 5.12. The Labute approximate surface area is 135 Å². The molecule has 0 atom stereocenters. The van der Waals surface area contributed by atoms with Crippen LogP contribution < -0.4 is 10.2 Å². The third-order valence-electron chi connectivity index (χ3n) is 3.59. The van der Waals surface area contributed by atoms with Gasteiger partial charge in [-0.05, 0) is 12.1 Å². The highest BCUT2D eigenvalue weighted by molar-refractivity contribution is 5.57. The molecule has 0 aliphatic carbocycles. The largest absolute Gasteiger partial charge is 0.342 e. The third-order valence-corrected chi connectivity index (χ3v) is 3.59. The minimum Gasteiger partial charge on any atom is -0.342 e. The van der Waals surface area contributed by atoms with E-state index in [1.54, 1.807) is 4.90 Å². The van der Waals surface area contributed by atoms with Gasteiger partial charge in [0.25, 0.3) is 0 Å². The van der Waals surface area contributed by atoms with Gasteiger partial charge in [0, 0.05) is 26.2 Å². The number of rotatable bonds is 4. The molecule has 2 aromatic rings. The van der Waals surface area contributed by atoms with E-state index in [0.29, 0.717) is 32.1 Å². The molecule has 0 spiro atoms. The fourth-order valence-electron chi connectivity index (χ4n) is 2.28. The number of carbonyl (C=O) groups is 1. The number of carbonyl (C=O) groups excluding carboxylic acids is 1. The Hall–Kier alpha value is -2.91. The first-order valence-electron chi connectivity index (χ1n) is 7.13. The highest BCUT2D eigenvalue weighted by Crippen LogP contribution is 2.23. The van der Waals surface area contributed by atoms with E-state index in [9.17, 15) is 18.0 Å². The van der Waals surface area contributed by atoms with Crippen LogP contribution >= 0.6 is 0 Å². The van der Waals surface area contributed by atoms with E-state index < -0.39 is 17.5 Å². The fourth-order valence-corrected chi connectivity index (χ4v) is 2.28. The molecule has 0 radical (unpaired) electrons. The lowest BCUT2D eigenvalue weighted by atomic mass is 10.3. The number of aromatic nitrogens is 3. The van der Waals surface area contributed by atoms with Crippen molar-refractivity contribution < 1.29 is 18.0 Å². The SMILES string of the molecule is O=CN1CCN(c2nncc(Nc3ccc(F)c(F)c3F)n2)CC1. The Morgan fingerprint density at radius 2 is 1.83 bits per heavy atom. The topological polar surface area (TPSA) is 74.2 Å². The van der Waals surface area contributed by atoms with Crippen LogP contribution in [0.25, 0.3) is 0 Å². The van der Waals surface area contributed by atoms with Gasteiger partial charge in [-0.2, -0.15) is 10.1 Å². The second kappa shape index (κ2) is 6.69. The van der Waals surface area contributed by atoms with Gasteiger partial charge in [0.05, 0.1) is 11.9 Å². The van der Waals surface area contributed by atoms with Gasteiger partial charge in [-0.3, -0.25) is 4.79 Å². The summed E-state index contributed by atoms with van der Waals surface area (Å²) < 4.78 is 39.9. The normalized spacial score (nSPS) is 14.6. The van der Waals surface area contributed by atoms with E-state index in [2.05, 4.69) is 20.5 Å². The molecule has 1 aliphatic heterocycles. The molecule has 2 heterocycles. The van der Waals surface area contributed by atoms with Crippen LogP contribution in [-0.2, 0) is 4.79 Å². The van der Waals surface area contributed by atoms with Crippen molar-refractivity contribution in [3.63, 3.8) is 0 Å². The van der Waals surface area contributed by atoms with Crippen molar-refractivity contribution >= 4 is 23.9 Å². The maximum atomic E-state index is 13.7. The number of hydrogen-bond donors (Lipinski definition) is 1. The van der Waals surface area contributed by atoms with E-state index in [-0.39, 0.29) is 11.5 Å². The molecule has 10 heteroatoms. The van der Waals surface area contributed by atoms with Gasteiger partial charge in [0.2, 0.25) is 12.4 Å². The molecule has 1 N–H and O–H groups in total. The van der Waals surface area contributed by atoms with Crippen LogP contribution in [0, 0.1) is 17.5 Å². The summed E-state index contributed by atoms with van der Waals surface area (Å²) in [6.45, 7) is 2.12. The van der Waals surface area contributed by atoms with Crippen molar-refractivity contribution in [3.8, 4) is 0 Å². The number of nitrogens with zero attached hydrogens (tertiary/aromatic N) is 5. The van der Waals surface area contributed by atoms with Gasteiger partial charge in [-0.1, -0.05) is 0 Å². The molecule has 1 saturated heterocycles. The molecule has 7 nitrogen and oxygen atoms in total. The van der Waals surface area contributed by atoms with Crippen molar-refractivity contribution in [2.24, 2.45) is 0 Å². The second-order valence-corrected chi connectivity index (χ2v) is 5.12. The Bertz CT molecular complexity index is 751. The van der Waals surface area contributed by atoms with Crippen molar-refractivity contribution in [1.29, 1.82) is 0 Å². The zero-order chi connectivity index (χ0) is 17.1. The maximum Gasteiger partial charge on any atom is 0.247 e. The van der Waals surface area contributed by atoms with Crippen LogP contribution in [0.15, 0.2) is 18.3 Å². The lowest BCUT2D eigenvalue weighted by molar-refractivity contribution is -0.118. The molecule has 24 heavy (non-hydrogen) atoms. The minimum atomic E-state index is -1.56. The van der Waals surface area contributed by atoms with Crippen LogP contribution in [0.3, 0.4) is 0 Å². The lowest BCUT2D eigenvalue weighted by Gasteiger charge is -2.32. The van der Waals surface area contributed by atoms with Crippen LogP contribution in [0.2, 0.25) is 0 Å². The average molecular weight is 338 g/mol. The summed E-state index contributed by atoms with van der Waals surface area (Å²) in [4.78, 5) is 18.3. The summed E-state index contributed by atoms with van der Waals surface area (Å²) >= 11 is 0. The lowest BCUT2D eigenvalue weighted by Crippen LogP contribution is -2.46. The first kappa shape index (κ1) is 16.0. The summed E-state index contributed by atoms with van der Waals surface area (Å²) in [5, 5.41) is 10.2. The van der Waals surface area contributed by atoms with Crippen LogP contribution in [0.4, 0.5) is 30.6 Å². The summed E-state index contributed by atoms with van der Waals surface area (Å²) in [6.07, 6.45) is 2.02. The smallest absolute Gasteiger partial charge is 0.247 e. The van der Waals surface area contributed by atoms with Gasteiger partial charge in [0.1, 0.15) is 0 Å². The molecule has 1 aliphatic rings. The highest BCUT2D eigenvalue weighted by Gasteiger charge is 2.19. The molecule has 1 amide bonds. The number of piperazine rings is 1. The van der Waals surface area contributed by atoms with Crippen LogP contribution in [0.5, 0.6) is 0 Å².